The summed E-state index contributed by atoms with van der Waals surface area (Å²) in [5.41, 5.74) is 3.03. The van der Waals surface area contributed by atoms with Gasteiger partial charge < -0.3 is 19.2 Å². The van der Waals surface area contributed by atoms with Crippen molar-refractivity contribution in [3.8, 4) is 17.2 Å². The topological polar surface area (TPSA) is 86.5 Å². The van der Waals surface area contributed by atoms with E-state index in [9.17, 15) is 4.79 Å². The Labute approximate surface area is 150 Å². The number of fused-ring (bicyclic) bond motifs is 1. The molecule has 2 heterocycles. The van der Waals surface area contributed by atoms with Gasteiger partial charge in [-0.05, 0) is 42.0 Å². The molecule has 0 bridgehead atoms. The number of amides is 1. The molecule has 0 aliphatic carbocycles. The van der Waals surface area contributed by atoms with Crippen LogP contribution in [0.15, 0.2) is 46.9 Å². The van der Waals surface area contributed by atoms with Crippen LogP contribution in [0.1, 0.15) is 21.8 Å². The van der Waals surface area contributed by atoms with E-state index in [2.05, 4.69) is 15.5 Å². The summed E-state index contributed by atoms with van der Waals surface area (Å²) in [6, 6.07) is 12.7. The predicted molar refractivity (Wildman–Crippen MR) is 94.0 cm³/mol. The normalized spacial score (nSPS) is 12.5. The summed E-state index contributed by atoms with van der Waals surface area (Å²) < 4.78 is 16.0. The molecule has 132 valence electrons. The van der Waals surface area contributed by atoms with Gasteiger partial charge in [-0.25, -0.2) is 0 Å². The lowest BCUT2D eigenvalue weighted by Crippen LogP contribution is -2.12. The third-order valence-corrected chi connectivity index (χ3v) is 4.05. The van der Waals surface area contributed by atoms with E-state index >= 15 is 0 Å². The average Bonchev–Trinajstić information content (AvgIpc) is 3.31. The number of rotatable bonds is 5. The van der Waals surface area contributed by atoms with E-state index < -0.39 is 0 Å². The first-order valence-corrected chi connectivity index (χ1v) is 8.22. The van der Waals surface area contributed by atoms with Gasteiger partial charge in [0, 0.05) is 30.3 Å². The van der Waals surface area contributed by atoms with Gasteiger partial charge >= 0.3 is 0 Å². The standard InChI is InChI=1S/C19H17N3O4/c1-24-11-17-21-22-19(26-17)14-4-2-3-13(9-14)18(23)20-15-5-6-16-12(10-15)7-8-25-16/h2-6,9-10H,7-8,11H2,1H3,(H,20,23). The highest BCUT2D eigenvalue weighted by atomic mass is 16.5. The summed E-state index contributed by atoms with van der Waals surface area (Å²) in [4.78, 5) is 12.6. The van der Waals surface area contributed by atoms with Gasteiger partial charge in [0.05, 0.1) is 6.61 Å². The largest absolute Gasteiger partial charge is 0.493 e. The van der Waals surface area contributed by atoms with E-state index in [-0.39, 0.29) is 12.5 Å². The molecule has 0 atom stereocenters. The Balaban J connectivity index is 1.52. The number of nitrogens with zero attached hydrogens (tertiary/aromatic N) is 2. The molecule has 0 fully saturated rings. The van der Waals surface area contributed by atoms with Crippen LogP contribution in [-0.2, 0) is 17.8 Å². The maximum absolute atomic E-state index is 12.6. The van der Waals surface area contributed by atoms with Crippen LogP contribution in [0.2, 0.25) is 0 Å². The molecule has 1 aromatic heterocycles. The van der Waals surface area contributed by atoms with Crippen molar-refractivity contribution < 1.29 is 18.7 Å². The second kappa shape index (κ2) is 6.97. The monoisotopic (exact) mass is 351 g/mol. The van der Waals surface area contributed by atoms with Gasteiger partial charge in [-0.15, -0.1) is 10.2 Å². The SMILES string of the molecule is COCc1nnc(-c2cccc(C(=O)Nc3ccc4c(c3)CCO4)c2)o1. The number of anilines is 1. The van der Waals surface area contributed by atoms with Gasteiger partial charge in [0.2, 0.25) is 11.8 Å². The fraction of sp³-hybridized carbons (Fsp3) is 0.211. The summed E-state index contributed by atoms with van der Waals surface area (Å²) in [6.07, 6.45) is 0.857. The molecule has 26 heavy (non-hydrogen) atoms. The molecule has 0 saturated carbocycles. The quantitative estimate of drug-likeness (QED) is 0.760. The van der Waals surface area contributed by atoms with Crippen molar-refractivity contribution in [2.45, 2.75) is 13.0 Å². The van der Waals surface area contributed by atoms with Gasteiger partial charge in [0.15, 0.2) is 0 Å². The fourth-order valence-electron chi connectivity index (χ4n) is 2.81. The zero-order valence-corrected chi connectivity index (χ0v) is 14.2. The van der Waals surface area contributed by atoms with Crippen LogP contribution in [-0.4, -0.2) is 29.8 Å². The van der Waals surface area contributed by atoms with E-state index in [1.807, 2.05) is 24.3 Å². The Kier molecular flexibility index (Phi) is 4.37. The zero-order chi connectivity index (χ0) is 17.9. The first-order valence-electron chi connectivity index (χ1n) is 8.22. The Morgan fingerprint density at radius 3 is 3.04 bits per heavy atom. The highest BCUT2D eigenvalue weighted by Gasteiger charge is 2.15. The maximum Gasteiger partial charge on any atom is 0.255 e. The fourth-order valence-corrected chi connectivity index (χ4v) is 2.81. The van der Waals surface area contributed by atoms with Crippen LogP contribution >= 0.6 is 0 Å². The van der Waals surface area contributed by atoms with Gasteiger partial charge in [0.25, 0.3) is 5.91 Å². The molecule has 7 nitrogen and oxygen atoms in total. The van der Waals surface area contributed by atoms with E-state index in [4.69, 9.17) is 13.9 Å². The van der Waals surface area contributed by atoms with Crippen molar-refractivity contribution in [2.24, 2.45) is 0 Å². The third-order valence-electron chi connectivity index (χ3n) is 4.05. The molecular formula is C19H17N3O4. The Morgan fingerprint density at radius 2 is 2.15 bits per heavy atom. The first kappa shape index (κ1) is 16.3. The number of hydrogen-bond donors (Lipinski definition) is 1. The van der Waals surface area contributed by atoms with E-state index in [1.54, 1.807) is 25.3 Å². The van der Waals surface area contributed by atoms with Gasteiger partial charge in [0.1, 0.15) is 12.4 Å². The summed E-state index contributed by atoms with van der Waals surface area (Å²) in [5.74, 6) is 1.41. The summed E-state index contributed by atoms with van der Waals surface area (Å²) >= 11 is 0. The minimum absolute atomic E-state index is 0.206. The average molecular weight is 351 g/mol. The molecular weight excluding hydrogens is 334 g/mol. The molecule has 0 unspecified atom stereocenters. The van der Waals surface area contributed by atoms with Crippen molar-refractivity contribution in [1.29, 1.82) is 0 Å². The van der Waals surface area contributed by atoms with Crippen LogP contribution in [0.25, 0.3) is 11.5 Å². The first-order chi connectivity index (χ1) is 12.7. The lowest BCUT2D eigenvalue weighted by Gasteiger charge is -2.07. The molecule has 1 N–H and O–H groups in total. The lowest BCUT2D eigenvalue weighted by molar-refractivity contribution is 0.102. The molecule has 0 spiro atoms. The highest BCUT2D eigenvalue weighted by Crippen LogP contribution is 2.28. The van der Waals surface area contributed by atoms with Crippen LogP contribution in [0, 0.1) is 0 Å². The predicted octanol–water partition coefficient (Wildman–Crippen LogP) is 3.07. The summed E-state index contributed by atoms with van der Waals surface area (Å²) in [5, 5.41) is 10.8. The van der Waals surface area contributed by atoms with Crippen LogP contribution in [0.4, 0.5) is 5.69 Å². The number of nitrogens with one attached hydrogen (secondary N) is 1. The van der Waals surface area contributed by atoms with Crippen molar-refractivity contribution in [3.05, 3.63) is 59.5 Å². The smallest absolute Gasteiger partial charge is 0.255 e. The molecule has 1 aliphatic rings. The van der Waals surface area contributed by atoms with E-state index in [0.29, 0.717) is 29.5 Å². The molecule has 0 saturated heterocycles. The summed E-state index contributed by atoms with van der Waals surface area (Å²) in [7, 11) is 1.56. The number of benzene rings is 2. The van der Waals surface area contributed by atoms with Crippen LogP contribution < -0.4 is 10.1 Å². The number of hydrogen-bond acceptors (Lipinski definition) is 6. The maximum atomic E-state index is 12.6. The summed E-state index contributed by atoms with van der Waals surface area (Å²) in [6.45, 7) is 0.930. The zero-order valence-electron chi connectivity index (χ0n) is 14.2. The second-order valence-electron chi connectivity index (χ2n) is 5.89. The molecule has 2 aromatic carbocycles. The van der Waals surface area contributed by atoms with Crippen molar-refractivity contribution in [3.63, 3.8) is 0 Å². The van der Waals surface area contributed by atoms with Crippen molar-refractivity contribution >= 4 is 11.6 Å². The minimum atomic E-state index is -0.206. The number of carbonyl (C=O) groups excluding carboxylic acids is 1. The van der Waals surface area contributed by atoms with Gasteiger partial charge in [-0.3, -0.25) is 4.79 Å². The van der Waals surface area contributed by atoms with Crippen LogP contribution in [0.5, 0.6) is 5.75 Å². The molecule has 1 aliphatic heterocycles. The number of ether oxygens (including phenoxy) is 2. The number of aromatic nitrogens is 2. The van der Waals surface area contributed by atoms with Gasteiger partial charge in [-0.2, -0.15) is 0 Å². The molecule has 0 radical (unpaired) electrons. The highest BCUT2D eigenvalue weighted by molar-refractivity contribution is 6.04. The third kappa shape index (κ3) is 3.29. The van der Waals surface area contributed by atoms with Crippen LogP contribution in [0.3, 0.4) is 0 Å². The van der Waals surface area contributed by atoms with E-state index in [0.717, 1.165) is 23.4 Å². The Morgan fingerprint density at radius 1 is 1.23 bits per heavy atom. The Hall–Kier alpha value is -3.19. The molecule has 4 rings (SSSR count). The minimum Gasteiger partial charge on any atom is -0.493 e. The van der Waals surface area contributed by atoms with Crippen molar-refractivity contribution in [2.75, 3.05) is 19.0 Å². The molecule has 1 amide bonds. The number of methoxy groups -OCH3 is 1. The van der Waals surface area contributed by atoms with E-state index in [1.165, 1.54) is 0 Å². The molecule has 7 heteroatoms. The van der Waals surface area contributed by atoms with Gasteiger partial charge in [-0.1, -0.05) is 6.07 Å². The second-order valence-corrected chi connectivity index (χ2v) is 5.89. The molecule has 3 aromatic rings. The Bertz CT molecular complexity index is 951. The number of carbonyl (C=O) groups is 1. The van der Waals surface area contributed by atoms with Crippen molar-refractivity contribution in [1.82, 2.24) is 10.2 Å². The lowest BCUT2D eigenvalue weighted by atomic mass is 10.1.